The molecule has 2 saturated carbocycles. The van der Waals surface area contributed by atoms with Crippen molar-refractivity contribution in [3.63, 3.8) is 0 Å². The molecule has 2 radical (unpaired) electrons. The lowest BCUT2D eigenvalue weighted by Crippen LogP contribution is -2.35. The van der Waals surface area contributed by atoms with E-state index in [-0.39, 0.29) is 12.1 Å². The number of fused-ring (bicyclic) bond motifs is 3. The van der Waals surface area contributed by atoms with E-state index in [1.807, 2.05) is 0 Å². The molecule has 5 unspecified atom stereocenters. The van der Waals surface area contributed by atoms with E-state index >= 15 is 0 Å². The molecule has 3 heteroatoms. The molecule has 0 spiro atoms. The van der Waals surface area contributed by atoms with Gasteiger partial charge in [-0.3, -0.25) is 0 Å². The first kappa shape index (κ1) is 6.50. The Hall–Kier alpha value is -0.0151. The van der Waals surface area contributed by atoms with Gasteiger partial charge in [0.1, 0.15) is 7.85 Å². The van der Waals surface area contributed by atoms with Crippen LogP contribution in [0.4, 0.5) is 0 Å². The normalized spacial score (nSPS) is 65.9. The van der Waals surface area contributed by atoms with Crippen molar-refractivity contribution in [1.82, 2.24) is 0 Å². The van der Waals surface area contributed by atoms with Crippen LogP contribution in [0.25, 0.3) is 0 Å². The Kier molecular flexibility index (Phi) is 0.985. The van der Waals surface area contributed by atoms with Gasteiger partial charge in [0.05, 0.1) is 11.7 Å². The van der Waals surface area contributed by atoms with Crippen LogP contribution < -0.4 is 0 Å². The third-order valence-corrected chi connectivity index (χ3v) is 3.39. The Morgan fingerprint density at radius 1 is 1.45 bits per heavy atom. The maximum atomic E-state index is 10.00. The lowest BCUT2D eigenvalue weighted by atomic mass is 9.86. The predicted octanol–water partition coefficient (Wildman–Crippen LogP) is 0.0408. The minimum Gasteiger partial charge on any atom is -0.387 e. The van der Waals surface area contributed by atoms with Crippen LogP contribution in [-0.4, -0.2) is 30.7 Å². The Balaban J connectivity index is 1.91. The van der Waals surface area contributed by atoms with Gasteiger partial charge >= 0.3 is 0 Å². The third-order valence-electron chi connectivity index (χ3n) is 3.39. The number of rotatable bonds is 0. The van der Waals surface area contributed by atoms with E-state index < -0.39 is 5.60 Å². The molecule has 3 fully saturated rings. The van der Waals surface area contributed by atoms with E-state index in [1.165, 1.54) is 6.42 Å². The van der Waals surface area contributed by atoms with Gasteiger partial charge in [0.2, 0.25) is 0 Å². The fraction of sp³-hybridized carbons (Fsp3) is 1.00. The summed E-state index contributed by atoms with van der Waals surface area (Å²) in [6.45, 7) is 0. The van der Waals surface area contributed by atoms with Crippen molar-refractivity contribution in [2.45, 2.75) is 37.0 Å². The minimum atomic E-state index is -0.549. The average Bonchev–Trinajstić information content (AvgIpc) is 2.46. The van der Waals surface area contributed by atoms with Crippen LogP contribution in [0.1, 0.15) is 19.3 Å². The molecule has 0 aromatic heterocycles. The van der Waals surface area contributed by atoms with E-state index in [2.05, 4.69) is 0 Å². The van der Waals surface area contributed by atoms with Gasteiger partial charge in [-0.2, -0.15) is 0 Å². The van der Waals surface area contributed by atoms with E-state index in [0.29, 0.717) is 12.3 Å². The third kappa shape index (κ3) is 0.708. The van der Waals surface area contributed by atoms with Crippen molar-refractivity contribution in [1.29, 1.82) is 0 Å². The SMILES string of the molecule is [B]C1CC2(O)CC3CC3C2O1. The van der Waals surface area contributed by atoms with Gasteiger partial charge in [-0.25, -0.2) is 0 Å². The molecule has 2 aliphatic carbocycles. The molecule has 2 nitrogen and oxygen atoms in total. The van der Waals surface area contributed by atoms with Crippen LogP contribution in [0.3, 0.4) is 0 Å². The predicted molar refractivity (Wildman–Crippen MR) is 40.2 cm³/mol. The second-order valence-electron chi connectivity index (χ2n) is 4.27. The molecular formula is C8H11BO2. The van der Waals surface area contributed by atoms with E-state index in [0.717, 1.165) is 12.3 Å². The number of hydrogen-bond donors (Lipinski definition) is 1. The van der Waals surface area contributed by atoms with Crippen molar-refractivity contribution in [3.05, 3.63) is 0 Å². The summed E-state index contributed by atoms with van der Waals surface area (Å²) in [4.78, 5) is 0. The van der Waals surface area contributed by atoms with Gasteiger partial charge in [-0.15, -0.1) is 0 Å². The number of aliphatic hydroxyl groups is 1. The Bertz CT molecular complexity index is 204. The van der Waals surface area contributed by atoms with Crippen molar-refractivity contribution in [2.75, 3.05) is 0 Å². The highest BCUT2D eigenvalue weighted by molar-refractivity contribution is 6.11. The first-order valence-electron chi connectivity index (χ1n) is 4.32. The molecule has 1 aliphatic heterocycles. The zero-order valence-electron chi connectivity index (χ0n) is 6.36. The zero-order valence-corrected chi connectivity index (χ0v) is 6.36. The smallest absolute Gasteiger partial charge is 0.109 e. The molecule has 3 rings (SSSR count). The Morgan fingerprint density at radius 2 is 2.27 bits per heavy atom. The van der Waals surface area contributed by atoms with Crippen LogP contribution in [0.15, 0.2) is 0 Å². The van der Waals surface area contributed by atoms with Crippen LogP contribution >= 0.6 is 0 Å². The van der Waals surface area contributed by atoms with E-state index in [9.17, 15) is 5.11 Å². The topological polar surface area (TPSA) is 29.5 Å². The quantitative estimate of drug-likeness (QED) is 0.494. The molecule has 0 aromatic rings. The molecule has 0 bridgehead atoms. The summed E-state index contributed by atoms with van der Waals surface area (Å²) in [5.41, 5.74) is -0.549. The molecule has 5 atom stereocenters. The zero-order chi connectivity index (χ0) is 7.64. The summed E-state index contributed by atoms with van der Waals surface area (Å²) in [5.74, 6) is 1.38. The average molecular weight is 150 g/mol. The van der Waals surface area contributed by atoms with Crippen LogP contribution in [0.2, 0.25) is 0 Å². The monoisotopic (exact) mass is 150 g/mol. The lowest BCUT2D eigenvalue weighted by Gasteiger charge is -2.22. The van der Waals surface area contributed by atoms with Crippen LogP contribution in [0.5, 0.6) is 0 Å². The van der Waals surface area contributed by atoms with Gasteiger partial charge in [0, 0.05) is 6.00 Å². The second kappa shape index (κ2) is 1.67. The molecule has 1 heterocycles. The summed E-state index contributed by atoms with van der Waals surface area (Å²) >= 11 is 0. The largest absolute Gasteiger partial charge is 0.387 e. The molecule has 0 aromatic carbocycles. The maximum absolute atomic E-state index is 10.00. The highest BCUT2D eigenvalue weighted by Gasteiger charge is 2.64. The number of hydrogen-bond acceptors (Lipinski definition) is 2. The Morgan fingerprint density at radius 3 is 3.00 bits per heavy atom. The first-order valence-corrected chi connectivity index (χ1v) is 4.32. The fourth-order valence-corrected chi connectivity index (χ4v) is 2.86. The van der Waals surface area contributed by atoms with Gasteiger partial charge in [-0.05, 0) is 31.1 Å². The summed E-state index contributed by atoms with van der Waals surface area (Å²) in [5, 5.41) is 10.00. The number of ether oxygens (including phenoxy) is 1. The lowest BCUT2D eigenvalue weighted by molar-refractivity contribution is -0.0340. The van der Waals surface area contributed by atoms with Crippen LogP contribution in [-0.2, 0) is 4.74 Å². The van der Waals surface area contributed by atoms with Gasteiger partial charge in [-0.1, -0.05) is 0 Å². The maximum Gasteiger partial charge on any atom is 0.109 e. The minimum absolute atomic E-state index is 0.0718. The molecular weight excluding hydrogens is 139 g/mol. The van der Waals surface area contributed by atoms with Crippen molar-refractivity contribution in [3.8, 4) is 0 Å². The summed E-state index contributed by atoms with van der Waals surface area (Å²) in [7, 11) is 5.61. The molecule has 58 valence electrons. The van der Waals surface area contributed by atoms with Crippen molar-refractivity contribution in [2.24, 2.45) is 11.8 Å². The highest BCUT2D eigenvalue weighted by atomic mass is 16.5. The first-order chi connectivity index (χ1) is 5.19. The van der Waals surface area contributed by atoms with Crippen LogP contribution in [0, 0.1) is 11.8 Å². The van der Waals surface area contributed by atoms with Gasteiger partial charge in [0.25, 0.3) is 0 Å². The highest BCUT2D eigenvalue weighted by Crippen LogP contribution is 2.60. The van der Waals surface area contributed by atoms with Crippen molar-refractivity contribution >= 4 is 7.85 Å². The summed E-state index contributed by atoms with van der Waals surface area (Å²) in [6, 6.07) is -0.216. The summed E-state index contributed by atoms with van der Waals surface area (Å²) < 4.78 is 5.47. The molecule has 3 aliphatic rings. The van der Waals surface area contributed by atoms with E-state index in [1.54, 1.807) is 0 Å². The fourth-order valence-electron chi connectivity index (χ4n) is 2.86. The van der Waals surface area contributed by atoms with Gasteiger partial charge in [0.15, 0.2) is 0 Å². The Labute approximate surface area is 67.3 Å². The second-order valence-corrected chi connectivity index (χ2v) is 4.27. The van der Waals surface area contributed by atoms with Crippen molar-refractivity contribution < 1.29 is 9.84 Å². The van der Waals surface area contributed by atoms with E-state index in [4.69, 9.17) is 12.6 Å². The molecule has 1 saturated heterocycles. The molecule has 0 amide bonds. The standard InChI is InChI=1S/C8H11BO2/c9-6-3-8(10)2-4-1-5(4)7(8)11-6/h4-7,10H,1-3H2. The summed E-state index contributed by atoms with van der Waals surface area (Å²) in [6.07, 6.45) is 2.89. The van der Waals surface area contributed by atoms with Gasteiger partial charge < -0.3 is 9.84 Å². The molecule has 11 heavy (non-hydrogen) atoms. The molecule has 1 N–H and O–H groups in total.